The normalized spacial score (nSPS) is 10.8. The molecule has 5 heteroatoms. The SMILES string of the molecule is Cc1ccc(-c2nnc(CCCN)s2)c(C)n1. The van der Waals surface area contributed by atoms with Crippen LogP contribution in [0.4, 0.5) is 0 Å². The number of nitrogens with two attached hydrogens (primary N) is 1. The van der Waals surface area contributed by atoms with Crippen LogP contribution in [0.25, 0.3) is 10.6 Å². The number of pyridine rings is 1. The monoisotopic (exact) mass is 248 g/mol. The molecule has 2 aromatic rings. The third-order valence-corrected chi connectivity index (χ3v) is 3.53. The van der Waals surface area contributed by atoms with Gasteiger partial charge in [-0.2, -0.15) is 0 Å². The molecule has 0 saturated heterocycles. The zero-order valence-corrected chi connectivity index (χ0v) is 10.9. The topological polar surface area (TPSA) is 64.7 Å². The number of hydrogen-bond donors (Lipinski definition) is 1. The minimum atomic E-state index is 0.694. The molecule has 2 rings (SSSR count). The molecule has 17 heavy (non-hydrogen) atoms. The van der Waals surface area contributed by atoms with E-state index in [2.05, 4.69) is 21.2 Å². The number of aromatic nitrogens is 3. The second-order valence-electron chi connectivity index (χ2n) is 3.98. The summed E-state index contributed by atoms with van der Waals surface area (Å²) >= 11 is 1.63. The first-order valence-corrected chi connectivity index (χ1v) is 6.49. The van der Waals surface area contributed by atoms with Crippen LogP contribution in [-0.4, -0.2) is 21.7 Å². The average molecular weight is 248 g/mol. The smallest absolute Gasteiger partial charge is 0.149 e. The minimum Gasteiger partial charge on any atom is -0.330 e. The Labute approximate surface area is 105 Å². The predicted molar refractivity (Wildman–Crippen MR) is 70.0 cm³/mol. The molecule has 0 aromatic carbocycles. The predicted octanol–water partition coefficient (Wildman–Crippen LogP) is 2.11. The van der Waals surface area contributed by atoms with Gasteiger partial charge in [-0.05, 0) is 38.9 Å². The van der Waals surface area contributed by atoms with Crippen LogP contribution in [-0.2, 0) is 6.42 Å². The molecule has 0 spiro atoms. The summed E-state index contributed by atoms with van der Waals surface area (Å²) in [4.78, 5) is 4.44. The standard InChI is InChI=1S/C12H16N4S/c1-8-5-6-10(9(2)14-8)12-16-15-11(17-12)4-3-7-13/h5-6H,3-4,7,13H2,1-2H3. The molecule has 0 aliphatic heterocycles. The largest absolute Gasteiger partial charge is 0.330 e. The number of nitrogens with zero attached hydrogens (tertiary/aromatic N) is 3. The maximum Gasteiger partial charge on any atom is 0.149 e. The molecule has 0 atom stereocenters. The van der Waals surface area contributed by atoms with Crippen molar-refractivity contribution < 1.29 is 0 Å². The molecule has 0 amide bonds. The summed E-state index contributed by atoms with van der Waals surface area (Å²) < 4.78 is 0. The van der Waals surface area contributed by atoms with Crippen molar-refractivity contribution in [2.45, 2.75) is 26.7 Å². The van der Waals surface area contributed by atoms with Gasteiger partial charge in [0.15, 0.2) is 0 Å². The van der Waals surface area contributed by atoms with E-state index in [1.54, 1.807) is 11.3 Å². The van der Waals surface area contributed by atoms with E-state index < -0.39 is 0 Å². The molecular formula is C12H16N4S. The highest BCUT2D eigenvalue weighted by molar-refractivity contribution is 7.14. The van der Waals surface area contributed by atoms with E-state index in [1.807, 2.05) is 19.9 Å². The van der Waals surface area contributed by atoms with E-state index >= 15 is 0 Å². The van der Waals surface area contributed by atoms with Gasteiger partial charge in [0, 0.05) is 23.4 Å². The maximum absolute atomic E-state index is 5.48. The molecule has 90 valence electrons. The van der Waals surface area contributed by atoms with Crippen LogP contribution in [0.3, 0.4) is 0 Å². The zero-order valence-electron chi connectivity index (χ0n) is 10.1. The molecule has 2 N–H and O–H groups in total. The van der Waals surface area contributed by atoms with Crippen molar-refractivity contribution in [2.24, 2.45) is 5.73 Å². The number of aryl methyl sites for hydroxylation is 3. The molecule has 2 heterocycles. The summed E-state index contributed by atoms with van der Waals surface area (Å²) in [7, 11) is 0. The fourth-order valence-corrected chi connectivity index (χ4v) is 2.59. The summed E-state index contributed by atoms with van der Waals surface area (Å²) in [5.41, 5.74) is 8.59. The van der Waals surface area contributed by atoms with Gasteiger partial charge in [-0.25, -0.2) is 0 Å². The Morgan fingerprint density at radius 1 is 1.24 bits per heavy atom. The van der Waals surface area contributed by atoms with Crippen LogP contribution in [0.15, 0.2) is 12.1 Å². The lowest BCUT2D eigenvalue weighted by Gasteiger charge is -2.01. The molecular weight excluding hydrogens is 232 g/mol. The molecule has 0 bridgehead atoms. The Hall–Kier alpha value is -1.33. The van der Waals surface area contributed by atoms with E-state index in [9.17, 15) is 0 Å². The van der Waals surface area contributed by atoms with Gasteiger partial charge < -0.3 is 5.73 Å². The van der Waals surface area contributed by atoms with E-state index in [1.165, 1.54) is 0 Å². The van der Waals surface area contributed by atoms with Gasteiger partial charge in [0.1, 0.15) is 10.0 Å². The van der Waals surface area contributed by atoms with Gasteiger partial charge in [0.05, 0.1) is 0 Å². The summed E-state index contributed by atoms with van der Waals surface area (Å²) in [6.07, 6.45) is 1.87. The van der Waals surface area contributed by atoms with Crippen molar-refractivity contribution in [3.63, 3.8) is 0 Å². The average Bonchev–Trinajstić information content (AvgIpc) is 2.75. The highest BCUT2D eigenvalue weighted by Gasteiger charge is 2.09. The Kier molecular flexibility index (Phi) is 3.81. The highest BCUT2D eigenvalue weighted by Crippen LogP contribution is 2.26. The maximum atomic E-state index is 5.48. The molecule has 0 unspecified atom stereocenters. The van der Waals surface area contributed by atoms with Crippen molar-refractivity contribution in [3.05, 3.63) is 28.5 Å². The van der Waals surface area contributed by atoms with Crippen molar-refractivity contribution >= 4 is 11.3 Å². The number of rotatable bonds is 4. The molecule has 0 radical (unpaired) electrons. The minimum absolute atomic E-state index is 0.694. The summed E-state index contributed by atoms with van der Waals surface area (Å²) in [5.74, 6) is 0. The van der Waals surface area contributed by atoms with Gasteiger partial charge >= 0.3 is 0 Å². The van der Waals surface area contributed by atoms with E-state index in [4.69, 9.17) is 5.73 Å². The molecule has 0 aliphatic rings. The molecule has 2 aromatic heterocycles. The number of hydrogen-bond acceptors (Lipinski definition) is 5. The Morgan fingerprint density at radius 2 is 2.06 bits per heavy atom. The lowest BCUT2D eigenvalue weighted by molar-refractivity contribution is 0.812. The first-order chi connectivity index (χ1) is 8.20. The van der Waals surface area contributed by atoms with E-state index in [0.29, 0.717) is 6.54 Å². The van der Waals surface area contributed by atoms with Gasteiger partial charge in [-0.15, -0.1) is 10.2 Å². The fourth-order valence-electron chi connectivity index (χ4n) is 1.63. The van der Waals surface area contributed by atoms with Gasteiger partial charge in [0.2, 0.25) is 0 Å². The molecule has 0 saturated carbocycles. The second kappa shape index (κ2) is 5.33. The summed E-state index contributed by atoms with van der Waals surface area (Å²) in [5, 5.41) is 10.4. The van der Waals surface area contributed by atoms with Crippen molar-refractivity contribution in [1.29, 1.82) is 0 Å². The molecule has 0 aliphatic carbocycles. The van der Waals surface area contributed by atoms with Crippen LogP contribution >= 0.6 is 11.3 Å². The second-order valence-corrected chi connectivity index (χ2v) is 5.04. The van der Waals surface area contributed by atoms with Crippen LogP contribution in [0.5, 0.6) is 0 Å². The van der Waals surface area contributed by atoms with Crippen molar-refractivity contribution in [1.82, 2.24) is 15.2 Å². The highest BCUT2D eigenvalue weighted by atomic mass is 32.1. The van der Waals surface area contributed by atoms with Gasteiger partial charge in [-0.1, -0.05) is 11.3 Å². The Balaban J connectivity index is 2.24. The lowest BCUT2D eigenvalue weighted by atomic mass is 10.2. The van der Waals surface area contributed by atoms with Crippen molar-refractivity contribution in [3.8, 4) is 10.6 Å². The van der Waals surface area contributed by atoms with Crippen molar-refractivity contribution in [2.75, 3.05) is 6.54 Å². The van der Waals surface area contributed by atoms with E-state index in [0.717, 1.165) is 39.8 Å². The quantitative estimate of drug-likeness (QED) is 0.900. The summed E-state index contributed by atoms with van der Waals surface area (Å²) in [6, 6.07) is 4.06. The third-order valence-electron chi connectivity index (χ3n) is 2.52. The van der Waals surface area contributed by atoms with Crippen LogP contribution in [0.2, 0.25) is 0 Å². The van der Waals surface area contributed by atoms with E-state index in [-0.39, 0.29) is 0 Å². The first-order valence-electron chi connectivity index (χ1n) is 5.68. The third kappa shape index (κ3) is 2.87. The Bertz CT molecular complexity index is 507. The van der Waals surface area contributed by atoms with Crippen LogP contribution < -0.4 is 5.73 Å². The molecule has 0 fully saturated rings. The molecule has 4 nitrogen and oxygen atoms in total. The lowest BCUT2D eigenvalue weighted by Crippen LogP contribution is -1.99. The zero-order chi connectivity index (χ0) is 12.3. The van der Waals surface area contributed by atoms with Gasteiger partial charge in [-0.3, -0.25) is 4.98 Å². The fraction of sp³-hybridized carbons (Fsp3) is 0.417. The summed E-state index contributed by atoms with van der Waals surface area (Å²) in [6.45, 7) is 4.69. The first kappa shape index (κ1) is 12.1. The van der Waals surface area contributed by atoms with Crippen LogP contribution in [0.1, 0.15) is 22.8 Å². The Morgan fingerprint density at radius 3 is 2.76 bits per heavy atom. The van der Waals surface area contributed by atoms with Crippen LogP contribution in [0, 0.1) is 13.8 Å². The van der Waals surface area contributed by atoms with Gasteiger partial charge in [0.25, 0.3) is 0 Å².